The van der Waals surface area contributed by atoms with Crippen LogP contribution in [0.25, 0.3) is 0 Å². The molecule has 4 heteroatoms. The van der Waals surface area contributed by atoms with Crippen LogP contribution in [-0.4, -0.2) is 29.7 Å². The van der Waals surface area contributed by atoms with Crippen molar-refractivity contribution < 1.29 is 14.0 Å². The zero-order chi connectivity index (χ0) is 14.7. The number of hydrogen-bond acceptors (Lipinski definition) is 2. The summed E-state index contributed by atoms with van der Waals surface area (Å²) in [7, 11) is 0. The molecule has 1 aromatic carbocycles. The first-order valence-electron chi connectivity index (χ1n) is 7.07. The molecule has 3 nitrogen and oxygen atoms in total. The van der Waals surface area contributed by atoms with Gasteiger partial charge in [-0.15, -0.1) is 0 Å². The number of benzene rings is 1. The van der Waals surface area contributed by atoms with Crippen molar-refractivity contribution in [2.45, 2.75) is 26.7 Å². The normalized spacial score (nSPS) is 16.5. The van der Waals surface area contributed by atoms with Gasteiger partial charge in [0.1, 0.15) is 5.82 Å². The van der Waals surface area contributed by atoms with Gasteiger partial charge in [-0.05, 0) is 37.1 Å². The Bertz CT molecular complexity index is 488. The quantitative estimate of drug-likeness (QED) is 0.797. The summed E-state index contributed by atoms with van der Waals surface area (Å²) >= 11 is 0. The van der Waals surface area contributed by atoms with Gasteiger partial charge in [0.2, 0.25) is 5.91 Å². The fraction of sp³-hybridized carbons (Fsp3) is 0.500. The first kappa shape index (κ1) is 14.7. The molecule has 1 saturated heterocycles. The van der Waals surface area contributed by atoms with Crippen molar-refractivity contribution in [3.63, 3.8) is 0 Å². The lowest BCUT2D eigenvalue weighted by atomic mass is 9.88. The Balaban J connectivity index is 1.95. The second-order valence-electron chi connectivity index (χ2n) is 5.63. The van der Waals surface area contributed by atoms with E-state index in [0.29, 0.717) is 31.5 Å². The molecule has 0 unspecified atom stereocenters. The van der Waals surface area contributed by atoms with E-state index in [1.54, 1.807) is 0 Å². The number of halogens is 1. The summed E-state index contributed by atoms with van der Waals surface area (Å²) in [5, 5.41) is 0. The highest BCUT2D eigenvalue weighted by Crippen LogP contribution is 2.23. The van der Waals surface area contributed by atoms with Crippen LogP contribution in [0, 0.1) is 17.7 Å². The van der Waals surface area contributed by atoms with Crippen molar-refractivity contribution in [3.8, 4) is 0 Å². The average Bonchev–Trinajstić information content (AvgIpc) is 2.46. The Morgan fingerprint density at radius 2 is 1.70 bits per heavy atom. The van der Waals surface area contributed by atoms with E-state index in [1.165, 1.54) is 24.3 Å². The molecular formula is C16H20FNO2. The predicted octanol–water partition coefficient (Wildman–Crippen LogP) is 2.90. The minimum atomic E-state index is -0.334. The molecule has 0 radical (unpaired) electrons. The minimum Gasteiger partial charge on any atom is -0.342 e. The monoisotopic (exact) mass is 277 g/mol. The van der Waals surface area contributed by atoms with E-state index >= 15 is 0 Å². The van der Waals surface area contributed by atoms with Crippen LogP contribution in [0.3, 0.4) is 0 Å². The molecule has 1 amide bonds. The number of Topliss-reactive ketones (excluding diaryl/α,β-unsaturated/α-hetero) is 1. The molecule has 1 fully saturated rings. The van der Waals surface area contributed by atoms with Crippen molar-refractivity contribution >= 4 is 11.7 Å². The number of rotatable bonds is 3. The van der Waals surface area contributed by atoms with E-state index in [4.69, 9.17) is 0 Å². The number of hydrogen-bond donors (Lipinski definition) is 0. The smallest absolute Gasteiger partial charge is 0.225 e. The third kappa shape index (κ3) is 3.24. The number of carbonyl (C=O) groups is 2. The summed E-state index contributed by atoms with van der Waals surface area (Å²) in [6.45, 7) is 5.04. The molecular weight excluding hydrogens is 257 g/mol. The maximum atomic E-state index is 12.9. The van der Waals surface area contributed by atoms with Gasteiger partial charge in [-0.3, -0.25) is 9.59 Å². The molecule has 0 N–H and O–H groups in total. The highest BCUT2D eigenvalue weighted by Gasteiger charge is 2.28. The van der Waals surface area contributed by atoms with Crippen LogP contribution in [0.2, 0.25) is 0 Å². The number of carbonyl (C=O) groups excluding carboxylic acids is 2. The molecule has 0 aromatic heterocycles. The maximum Gasteiger partial charge on any atom is 0.225 e. The zero-order valence-corrected chi connectivity index (χ0v) is 11.9. The molecule has 2 rings (SSSR count). The number of likely N-dealkylation sites (tertiary alicyclic amines) is 1. The van der Waals surface area contributed by atoms with Gasteiger partial charge in [0.25, 0.3) is 0 Å². The summed E-state index contributed by atoms with van der Waals surface area (Å²) in [6, 6.07) is 5.68. The first-order chi connectivity index (χ1) is 9.49. The van der Waals surface area contributed by atoms with Crippen LogP contribution in [0.15, 0.2) is 24.3 Å². The zero-order valence-electron chi connectivity index (χ0n) is 11.9. The molecule has 1 aliphatic rings. The van der Waals surface area contributed by atoms with Crippen LogP contribution in [-0.2, 0) is 4.79 Å². The van der Waals surface area contributed by atoms with E-state index in [-0.39, 0.29) is 29.3 Å². The summed E-state index contributed by atoms with van der Waals surface area (Å²) in [4.78, 5) is 26.0. The summed E-state index contributed by atoms with van der Waals surface area (Å²) < 4.78 is 12.9. The molecule has 1 heterocycles. The Morgan fingerprint density at radius 1 is 1.15 bits per heavy atom. The van der Waals surface area contributed by atoms with Gasteiger partial charge < -0.3 is 4.90 Å². The van der Waals surface area contributed by atoms with Gasteiger partial charge in [-0.25, -0.2) is 4.39 Å². The third-order valence-corrected chi connectivity index (χ3v) is 3.80. The molecule has 0 aliphatic carbocycles. The molecule has 0 saturated carbocycles. The van der Waals surface area contributed by atoms with Crippen molar-refractivity contribution in [1.82, 2.24) is 4.90 Å². The Labute approximate surface area is 118 Å². The van der Waals surface area contributed by atoms with Crippen molar-refractivity contribution in [2.24, 2.45) is 11.8 Å². The summed E-state index contributed by atoms with van der Waals surface area (Å²) in [5.41, 5.74) is 0.556. The molecule has 0 bridgehead atoms. The lowest BCUT2D eigenvalue weighted by molar-refractivity contribution is -0.135. The summed E-state index contributed by atoms with van der Waals surface area (Å²) in [5.74, 6) is -0.186. The van der Waals surface area contributed by atoms with E-state index in [1.807, 2.05) is 18.7 Å². The van der Waals surface area contributed by atoms with E-state index < -0.39 is 0 Å². The second-order valence-corrected chi connectivity index (χ2v) is 5.63. The number of amides is 1. The van der Waals surface area contributed by atoms with Crippen molar-refractivity contribution in [2.75, 3.05) is 13.1 Å². The molecule has 20 heavy (non-hydrogen) atoms. The largest absolute Gasteiger partial charge is 0.342 e. The van der Waals surface area contributed by atoms with Crippen molar-refractivity contribution in [1.29, 1.82) is 0 Å². The van der Waals surface area contributed by atoms with E-state index in [2.05, 4.69) is 0 Å². The van der Waals surface area contributed by atoms with Crippen molar-refractivity contribution in [3.05, 3.63) is 35.6 Å². The molecule has 0 atom stereocenters. The van der Waals surface area contributed by atoms with Crippen LogP contribution >= 0.6 is 0 Å². The Hall–Kier alpha value is -1.71. The summed E-state index contributed by atoms with van der Waals surface area (Å²) in [6.07, 6.45) is 1.38. The molecule has 1 aliphatic heterocycles. The molecule has 0 spiro atoms. The minimum absolute atomic E-state index is 0.000602. The maximum absolute atomic E-state index is 12.9. The second kappa shape index (κ2) is 6.16. The number of nitrogens with zero attached hydrogens (tertiary/aromatic N) is 1. The Morgan fingerprint density at radius 3 is 2.20 bits per heavy atom. The first-order valence-corrected chi connectivity index (χ1v) is 7.07. The Kier molecular flexibility index (Phi) is 4.53. The SMILES string of the molecule is CC(C)C(=O)N1CCC(C(=O)c2ccc(F)cc2)CC1. The van der Waals surface area contributed by atoms with Gasteiger partial charge in [0.15, 0.2) is 5.78 Å². The predicted molar refractivity (Wildman–Crippen MR) is 74.9 cm³/mol. The fourth-order valence-electron chi connectivity index (χ4n) is 2.58. The van der Waals surface area contributed by atoms with Gasteiger partial charge in [0.05, 0.1) is 0 Å². The van der Waals surface area contributed by atoms with Gasteiger partial charge >= 0.3 is 0 Å². The van der Waals surface area contributed by atoms with Crippen LogP contribution in [0.4, 0.5) is 4.39 Å². The lowest BCUT2D eigenvalue weighted by Gasteiger charge is -2.32. The van der Waals surface area contributed by atoms with E-state index in [0.717, 1.165) is 0 Å². The van der Waals surface area contributed by atoms with Gasteiger partial charge in [0, 0.05) is 30.5 Å². The highest BCUT2D eigenvalue weighted by molar-refractivity contribution is 5.98. The molecule has 1 aromatic rings. The third-order valence-electron chi connectivity index (χ3n) is 3.80. The fourth-order valence-corrected chi connectivity index (χ4v) is 2.58. The van der Waals surface area contributed by atoms with E-state index in [9.17, 15) is 14.0 Å². The van der Waals surface area contributed by atoms with Crippen LogP contribution in [0.1, 0.15) is 37.0 Å². The molecule has 108 valence electrons. The number of piperidine rings is 1. The van der Waals surface area contributed by atoms with Gasteiger partial charge in [-0.1, -0.05) is 13.8 Å². The number of ketones is 1. The van der Waals surface area contributed by atoms with Crippen LogP contribution < -0.4 is 0 Å². The standard InChI is InChI=1S/C16H20FNO2/c1-11(2)16(20)18-9-7-13(8-10-18)15(19)12-3-5-14(17)6-4-12/h3-6,11,13H,7-10H2,1-2H3. The van der Waals surface area contributed by atoms with Gasteiger partial charge in [-0.2, -0.15) is 0 Å². The highest BCUT2D eigenvalue weighted by atomic mass is 19.1. The lowest BCUT2D eigenvalue weighted by Crippen LogP contribution is -2.42. The topological polar surface area (TPSA) is 37.4 Å². The van der Waals surface area contributed by atoms with Crippen LogP contribution in [0.5, 0.6) is 0 Å². The average molecular weight is 277 g/mol.